The lowest BCUT2D eigenvalue weighted by molar-refractivity contribution is 0.0923. The second kappa shape index (κ2) is 7.88. The monoisotopic (exact) mass is 434 g/mol. The number of amides is 1. The molecular formula is C21H23ClN2O4S. The number of benzene rings is 2. The summed E-state index contributed by atoms with van der Waals surface area (Å²) in [5, 5.41) is 3.38. The largest absolute Gasteiger partial charge is 0.497 e. The molecule has 0 radical (unpaired) electrons. The highest BCUT2D eigenvalue weighted by atomic mass is 35.5. The lowest BCUT2D eigenvalue weighted by Gasteiger charge is -2.23. The van der Waals surface area contributed by atoms with E-state index in [0.717, 1.165) is 12.8 Å². The number of anilines is 1. The van der Waals surface area contributed by atoms with Gasteiger partial charge in [-0.2, -0.15) is 0 Å². The summed E-state index contributed by atoms with van der Waals surface area (Å²) < 4.78 is 32.9. The molecule has 0 spiro atoms. The van der Waals surface area contributed by atoms with Crippen molar-refractivity contribution in [3.8, 4) is 5.75 Å². The van der Waals surface area contributed by atoms with Crippen LogP contribution >= 0.6 is 11.6 Å². The van der Waals surface area contributed by atoms with Crippen molar-refractivity contribution >= 4 is 33.2 Å². The number of nitrogens with one attached hydrogen (secondary N) is 2. The Kier molecular flexibility index (Phi) is 5.44. The van der Waals surface area contributed by atoms with E-state index in [0.29, 0.717) is 17.6 Å². The molecule has 6 nitrogen and oxygen atoms in total. The van der Waals surface area contributed by atoms with Crippen LogP contribution in [0.15, 0.2) is 47.4 Å². The van der Waals surface area contributed by atoms with E-state index in [1.807, 2.05) is 0 Å². The summed E-state index contributed by atoms with van der Waals surface area (Å²) in [7, 11) is -2.29. The van der Waals surface area contributed by atoms with E-state index in [4.69, 9.17) is 16.3 Å². The number of rotatable bonds is 6. The maximum Gasteiger partial charge on any atom is 0.261 e. The molecule has 2 bridgehead atoms. The molecule has 154 valence electrons. The van der Waals surface area contributed by atoms with Gasteiger partial charge in [-0.25, -0.2) is 8.42 Å². The Morgan fingerprint density at radius 1 is 1.10 bits per heavy atom. The third-order valence-corrected chi connectivity index (χ3v) is 7.61. The van der Waals surface area contributed by atoms with Gasteiger partial charge in [0.1, 0.15) is 5.75 Å². The highest BCUT2D eigenvalue weighted by Crippen LogP contribution is 2.44. The average molecular weight is 435 g/mol. The van der Waals surface area contributed by atoms with Gasteiger partial charge in [0, 0.05) is 11.7 Å². The Morgan fingerprint density at radius 3 is 2.48 bits per heavy atom. The molecule has 0 unspecified atom stereocenters. The lowest BCUT2D eigenvalue weighted by Crippen LogP contribution is -2.38. The summed E-state index contributed by atoms with van der Waals surface area (Å²) in [5.74, 6) is 1.55. The molecule has 4 rings (SSSR count). The highest BCUT2D eigenvalue weighted by Gasteiger charge is 2.40. The molecule has 8 heteroatoms. The summed E-state index contributed by atoms with van der Waals surface area (Å²) in [6.07, 6.45) is 4.60. The molecule has 2 aliphatic rings. The van der Waals surface area contributed by atoms with Crippen LogP contribution in [0.2, 0.25) is 5.02 Å². The maximum absolute atomic E-state index is 12.8. The van der Waals surface area contributed by atoms with Gasteiger partial charge in [0.05, 0.1) is 22.6 Å². The van der Waals surface area contributed by atoms with Crippen LogP contribution in [0.5, 0.6) is 5.75 Å². The fourth-order valence-electron chi connectivity index (χ4n) is 4.40. The van der Waals surface area contributed by atoms with Gasteiger partial charge < -0.3 is 10.1 Å². The zero-order valence-electron chi connectivity index (χ0n) is 16.0. The van der Waals surface area contributed by atoms with Crippen LogP contribution in [0.4, 0.5) is 5.69 Å². The number of hydrogen-bond donors (Lipinski definition) is 2. The second-order valence-corrected chi connectivity index (χ2v) is 9.82. The number of carbonyl (C=O) groups is 1. The molecular weight excluding hydrogens is 412 g/mol. The Bertz CT molecular complexity index is 1020. The molecule has 2 aromatic carbocycles. The van der Waals surface area contributed by atoms with Crippen molar-refractivity contribution in [1.29, 1.82) is 0 Å². The van der Waals surface area contributed by atoms with Gasteiger partial charge >= 0.3 is 0 Å². The van der Waals surface area contributed by atoms with Crippen molar-refractivity contribution in [3.05, 3.63) is 53.1 Å². The number of ether oxygens (including phenoxy) is 1. The number of hydrogen-bond acceptors (Lipinski definition) is 4. The third kappa shape index (κ3) is 4.21. The van der Waals surface area contributed by atoms with Crippen molar-refractivity contribution in [1.82, 2.24) is 5.32 Å². The standard InChI is InChI=1S/C21H23ClN2O4S/c1-28-16-5-7-17(8-6-16)29(26,27)24-15-4-9-19(22)18(12-15)21(25)23-20-11-13-2-3-14(20)10-13/h4-9,12-14,20,24H,2-3,10-11H2,1H3,(H,23,25)/t13-,14-,20-/m0/s1. The van der Waals surface area contributed by atoms with Crippen LogP contribution < -0.4 is 14.8 Å². The molecule has 2 aliphatic carbocycles. The molecule has 3 atom stereocenters. The molecule has 0 aromatic heterocycles. The number of methoxy groups -OCH3 is 1. The third-order valence-electron chi connectivity index (χ3n) is 5.89. The van der Waals surface area contributed by atoms with E-state index in [-0.39, 0.29) is 33.1 Å². The summed E-state index contributed by atoms with van der Waals surface area (Å²) in [6, 6.07) is 10.8. The molecule has 2 saturated carbocycles. The van der Waals surface area contributed by atoms with E-state index in [1.165, 1.54) is 50.3 Å². The average Bonchev–Trinajstić information content (AvgIpc) is 3.32. The fraction of sp³-hybridized carbons (Fsp3) is 0.381. The van der Waals surface area contributed by atoms with Gasteiger partial charge in [0.15, 0.2) is 0 Å². The number of halogens is 1. The minimum absolute atomic E-state index is 0.0984. The topological polar surface area (TPSA) is 84.5 Å². The number of sulfonamides is 1. The minimum Gasteiger partial charge on any atom is -0.497 e. The molecule has 2 N–H and O–H groups in total. The zero-order valence-corrected chi connectivity index (χ0v) is 17.6. The SMILES string of the molecule is COc1ccc(S(=O)(=O)Nc2ccc(Cl)c(C(=O)N[C@H]3C[C@H]4CC[C@H]3C4)c2)cc1. The van der Waals surface area contributed by atoms with Gasteiger partial charge in [0.2, 0.25) is 0 Å². The van der Waals surface area contributed by atoms with Crippen LogP contribution in [-0.2, 0) is 10.0 Å². The van der Waals surface area contributed by atoms with Crippen molar-refractivity contribution in [2.75, 3.05) is 11.8 Å². The first kappa shape index (κ1) is 20.0. The first-order chi connectivity index (χ1) is 13.9. The van der Waals surface area contributed by atoms with E-state index in [9.17, 15) is 13.2 Å². The Morgan fingerprint density at radius 2 is 1.86 bits per heavy atom. The van der Waals surface area contributed by atoms with Crippen LogP contribution in [0.25, 0.3) is 0 Å². The predicted octanol–water partition coefficient (Wildman–Crippen LogP) is 4.07. The molecule has 2 fully saturated rings. The molecule has 2 aromatic rings. The first-order valence-corrected chi connectivity index (χ1v) is 11.5. The quantitative estimate of drug-likeness (QED) is 0.717. The van der Waals surface area contributed by atoms with Gasteiger partial charge in [0.25, 0.3) is 15.9 Å². The van der Waals surface area contributed by atoms with Gasteiger partial charge in [-0.1, -0.05) is 18.0 Å². The summed E-state index contributed by atoms with van der Waals surface area (Å²) in [5.41, 5.74) is 0.549. The summed E-state index contributed by atoms with van der Waals surface area (Å²) in [4.78, 5) is 12.9. The van der Waals surface area contributed by atoms with Crippen molar-refractivity contribution in [2.24, 2.45) is 11.8 Å². The van der Waals surface area contributed by atoms with Crippen LogP contribution in [0.3, 0.4) is 0 Å². The highest BCUT2D eigenvalue weighted by molar-refractivity contribution is 7.92. The molecule has 29 heavy (non-hydrogen) atoms. The van der Waals surface area contributed by atoms with Gasteiger partial charge in [-0.15, -0.1) is 0 Å². The normalized spacial score (nSPS) is 23.0. The van der Waals surface area contributed by atoms with Gasteiger partial charge in [-0.3, -0.25) is 9.52 Å². The van der Waals surface area contributed by atoms with E-state index in [2.05, 4.69) is 10.0 Å². The second-order valence-electron chi connectivity index (χ2n) is 7.73. The predicted molar refractivity (Wildman–Crippen MR) is 112 cm³/mol. The Hall–Kier alpha value is -2.25. The summed E-state index contributed by atoms with van der Waals surface area (Å²) >= 11 is 6.23. The molecule has 0 saturated heterocycles. The molecule has 1 amide bonds. The van der Waals surface area contributed by atoms with Crippen LogP contribution in [0.1, 0.15) is 36.0 Å². The van der Waals surface area contributed by atoms with Crippen molar-refractivity contribution in [3.63, 3.8) is 0 Å². The van der Waals surface area contributed by atoms with E-state index < -0.39 is 10.0 Å². The fourth-order valence-corrected chi connectivity index (χ4v) is 5.65. The Labute approximate surface area is 175 Å². The molecule has 0 heterocycles. The van der Waals surface area contributed by atoms with Crippen molar-refractivity contribution in [2.45, 2.75) is 36.6 Å². The van der Waals surface area contributed by atoms with Crippen LogP contribution in [0, 0.1) is 11.8 Å². The first-order valence-electron chi connectivity index (χ1n) is 9.63. The number of carbonyl (C=O) groups excluding carboxylic acids is 1. The number of fused-ring (bicyclic) bond motifs is 2. The van der Waals surface area contributed by atoms with Gasteiger partial charge in [-0.05, 0) is 73.6 Å². The smallest absolute Gasteiger partial charge is 0.261 e. The Balaban J connectivity index is 1.50. The maximum atomic E-state index is 12.8. The van der Waals surface area contributed by atoms with Crippen molar-refractivity contribution < 1.29 is 17.9 Å². The van der Waals surface area contributed by atoms with Crippen LogP contribution in [-0.4, -0.2) is 27.5 Å². The minimum atomic E-state index is -3.80. The molecule has 0 aliphatic heterocycles. The summed E-state index contributed by atoms with van der Waals surface area (Å²) in [6.45, 7) is 0. The zero-order chi connectivity index (χ0) is 20.6. The van der Waals surface area contributed by atoms with E-state index >= 15 is 0 Å². The van der Waals surface area contributed by atoms with E-state index in [1.54, 1.807) is 12.1 Å². The lowest BCUT2D eigenvalue weighted by atomic mass is 9.95.